The van der Waals surface area contributed by atoms with E-state index in [1.807, 2.05) is 18.3 Å². The number of hydrogen-bond acceptors (Lipinski definition) is 3. The molecule has 4 heteroatoms. The normalized spacial score (nSPS) is 19.5. The first-order valence-corrected chi connectivity index (χ1v) is 9.71. The number of hydrogen-bond donors (Lipinski definition) is 2. The summed E-state index contributed by atoms with van der Waals surface area (Å²) in [5, 5.41) is 4.34. The smallest absolute Gasteiger partial charge is 0.0740 e. The minimum absolute atomic E-state index is 0.823. The second-order valence-electron chi connectivity index (χ2n) is 6.07. The topological polar surface area (TPSA) is 24.9 Å². The summed E-state index contributed by atoms with van der Waals surface area (Å²) in [7, 11) is 0. The van der Waals surface area contributed by atoms with E-state index in [9.17, 15) is 0 Å². The first-order valence-electron chi connectivity index (χ1n) is 8.43. The van der Waals surface area contributed by atoms with Crippen LogP contribution in [0.15, 0.2) is 42.1 Å². The molecule has 0 radical (unpaired) electrons. The number of rotatable bonds is 0. The van der Waals surface area contributed by atoms with E-state index in [4.69, 9.17) is 16.6 Å². The summed E-state index contributed by atoms with van der Waals surface area (Å²) in [6.45, 7) is 2.08. The molecule has 1 aromatic carbocycles. The van der Waals surface area contributed by atoms with Crippen LogP contribution in [0.3, 0.4) is 0 Å². The molecule has 1 saturated heterocycles. The third-order valence-electron chi connectivity index (χ3n) is 4.65. The molecule has 2 heterocycles. The van der Waals surface area contributed by atoms with Crippen molar-refractivity contribution in [1.82, 2.24) is 10.3 Å². The Balaban J connectivity index is 0.000000815. The Labute approximate surface area is 154 Å². The van der Waals surface area contributed by atoms with Crippen molar-refractivity contribution in [2.45, 2.75) is 25.7 Å². The van der Waals surface area contributed by atoms with Gasteiger partial charge in [-0.1, -0.05) is 23.7 Å². The van der Waals surface area contributed by atoms with Crippen molar-refractivity contribution in [2.75, 3.05) is 19.3 Å². The number of thiol groups is 1. The van der Waals surface area contributed by atoms with Gasteiger partial charge < -0.3 is 5.32 Å². The molecule has 0 atom stereocenters. The van der Waals surface area contributed by atoms with Crippen LogP contribution < -0.4 is 5.32 Å². The molecule has 4 rings (SSSR count). The van der Waals surface area contributed by atoms with Gasteiger partial charge in [0.2, 0.25) is 0 Å². The molecule has 1 aliphatic heterocycles. The van der Waals surface area contributed by atoms with Crippen LogP contribution in [-0.2, 0) is 12.8 Å². The van der Waals surface area contributed by atoms with Crippen LogP contribution in [0.2, 0.25) is 5.02 Å². The highest BCUT2D eigenvalue weighted by molar-refractivity contribution is 7.79. The van der Waals surface area contributed by atoms with E-state index in [-0.39, 0.29) is 0 Å². The summed E-state index contributed by atoms with van der Waals surface area (Å²) in [4.78, 5) is 4.74. The first-order chi connectivity index (χ1) is 11.8. The summed E-state index contributed by atoms with van der Waals surface area (Å²) < 4.78 is 0. The van der Waals surface area contributed by atoms with E-state index >= 15 is 0 Å². The van der Waals surface area contributed by atoms with Gasteiger partial charge in [0.25, 0.3) is 0 Å². The molecule has 0 saturated carbocycles. The van der Waals surface area contributed by atoms with E-state index in [2.05, 4.69) is 36.1 Å². The zero-order valence-corrected chi connectivity index (χ0v) is 15.6. The summed E-state index contributed by atoms with van der Waals surface area (Å²) >= 11 is 9.76. The van der Waals surface area contributed by atoms with Crippen LogP contribution >= 0.6 is 24.2 Å². The van der Waals surface area contributed by atoms with Gasteiger partial charge in [-0.15, -0.1) is 0 Å². The van der Waals surface area contributed by atoms with Crippen molar-refractivity contribution >= 4 is 29.8 Å². The van der Waals surface area contributed by atoms with E-state index in [0.29, 0.717) is 0 Å². The summed E-state index contributed by atoms with van der Waals surface area (Å²) in [6.07, 6.45) is 8.01. The number of halogens is 1. The highest BCUT2D eigenvalue weighted by atomic mass is 35.5. The Bertz CT molecular complexity index is 747. The Morgan fingerprint density at radius 3 is 2.71 bits per heavy atom. The molecular formula is C20H23ClN2S. The van der Waals surface area contributed by atoms with E-state index in [1.54, 1.807) is 6.26 Å². The van der Waals surface area contributed by atoms with E-state index in [0.717, 1.165) is 37.4 Å². The summed E-state index contributed by atoms with van der Waals surface area (Å²) in [5.74, 6) is 0. The SMILES string of the molecule is CS.Clc1ccc2c(c1)CCc1cccnc1/C2=C1/CCCNC1. The van der Waals surface area contributed by atoms with Gasteiger partial charge in [0.05, 0.1) is 5.69 Å². The fourth-order valence-electron chi connectivity index (χ4n) is 3.60. The fraction of sp³-hybridized carbons (Fsp3) is 0.350. The highest BCUT2D eigenvalue weighted by Crippen LogP contribution is 2.37. The largest absolute Gasteiger partial charge is 0.313 e. The number of nitrogens with one attached hydrogen (secondary N) is 1. The van der Waals surface area contributed by atoms with Crippen molar-refractivity contribution in [3.63, 3.8) is 0 Å². The highest BCUT2D eigenvalue weighted by Gasteiger charge is 2.23. The molecule has 2 aromatic rings. The van der Waals surface area contributed by atoms with Gasteiger partial charge in [0.1, 0.15) is 0 Å². The molecule has 126 valence electrons. The summed E-state index contributed by atoms with van der Waals surface area (Å²) in [6, 6.07) is 10.6. The lowest BCUT2D eigenvalue weighted by Crippen LogP contribution is -2.25. The second kappa shape index (κ2) is 8.19. The maximum atomic E-state index is 6.23. The van der Waals surface area contributed by atoms with Crippen LogP contribution in [-0.4, -0.2) is 24.3 Å². The van der Waals surface area contributed by atoms with Crippen LogP contribution in [0.4, 0.5) is 0 Å². The number of nitrogens with zero attached hydrogens (tertiary/aromatic N) is 1. The third kappa shape index (κ3) is 3.53. The molecule has 2 nitrogen and oxygen atoms in total. The maximum absolute atomic E-state index is 6.23. The molecule has 1 aliphatic carbocycles. The molecule has 1 N–H and O–H groups in total. The number of piperidine rings is 1. The van der Waals surface area contributed by atoms with Gasteiger partial charge in [-0.05, 0) is 78.9 Å². The van der Waals surface area contributed by atoms with Gasteiger partial charge in [-0.2, -0.15) is 12.6 Å². The number of pyridine rings is 1. The quantitative estimate of drug-likeness (QED) is 0.674. The lowest BCUT2D eigenvalue weighted by atomic mass is 9.90. The van der Waals surface area contributed by atoms with Gasteiger partial charge in [0.15, 0.2) is 0 Å². The predicted octanol–water partition coefficient (Wildman–Crippen LogP) is 4.56. The van der Waals surface area contributed by atoms with Crippen molar-refractivity contribution in [3.05, 3.63) is 69.5 Å². The number of aryl methyl sites for hydroxylation is 2. The molecule has 0 unspecified atom stereocenters. The first kappa shape index (κ1) is 17.5. The number of benzene rings is 1. The third-order valence-corrected chi connectivity index (χ3v) is 4.89. The van der Waals surface area contributed by atoms with Gasteiger partial charge >= 0.3 is 0 Å². The van der Waals surface area contributed by atoms with Crippen LogP contribution in [0.5, 0.6) is 0 Å². The molecule has 0 spiro atoms. The van der Waals surface area contributed by atoms with Gasteiger partial charge in [-0.25, -0.2) is 0 Å². The van der Waals surface area contributed by atoms with E-state index in [1.165, 1.54) is 40.0 Å². The lowest BCUT2D eigenvalue weighted by molar-refractivity contribution is 0.611. The van der Waals surface area contributed by atoms with Gasteiger partial charge in [0, 0.05) is 23.3 Å². The van der Waals surface area contributed by atoms with Gasteiger partial charge in [-0.3, -0.25) is 4.98 Å². The Morgan fingerprint density at radius 1 is 1.08 bits per heavy atom. The second-order valence-corrected chi connectivity index (χ2v) is 6.51. The molecular weight excluding hydrogens is 336 g/mol. The van der Waals surface area contributed by atoms with Crippen molar-refractivity contribution in [3.8, 4) is 0 Å². The average molecular weight is 359 g/mol. The minimum Gasteiger partial charge on any atom is -0.313 e. The molecule has 0 amide bonds. The molecule has 24 heavy (non-hydrogen) atoms. The zero-order chi connectivity index (χ0) is 16.9. The van der Waals surface area contributed by atoms with E-state index < -0.39 is 0 Å². The Morgan fingerprint density at radius 2 is 1.92 bits per heavy atom. The average Bonchev–Trinajstić information content (AvgIpc) is 2.81. The number of aromatic nitrogens is 1. The maximum Gasteiger partial charge on any atom is 0.0740 e. The molecule has 2 aliphatic rings. The van der Waals surface area contributed by atoms with Crippen LogP contribution in [0.1, 0.15) is 35.2 Å². The fourth-order valence-corrected chi connectivity index (χ4v) is 3.80. The lowest BCUT2D eigenvalue weighted by Gasteiger charge is -2.21. The standard InChI is InChI=1S/C19H19ClN2.CH4S/c20-16-7-8-17-14(11-16)6-5-13-3-2-10-22-19(13)18(17)15-4-1-9-21-12-15;1-2/h2-3,7-8,10-11,21H,1,4-6,9,12H2;2H,1H3/b18-15-;. The van der Waals surface area contributed by atoms with Crippen molar-refractivity contribution in [1.29, 1.82) is 0 Å². The zero-order valence-electron chi connectivity index (χ0n) is 14.0. The minimum atomic E-state index is 0.823. The van der Waals surface area contributed by atoms with Crippen LogP contribution in [0, 0.1) is 0 Å². The van der Waals surface area contributed by atoms with Crippen molar-refractivity contribution < 1.29 is 0 Å². The Kier molecular flexibility index (Phi) is 5.99. The molecule has 1 aromatic heterocycles. The predicted molar refractivity (Wildman–Crippen MR) is 106 cm³/mol. The Hall–Kier alpha value is -1.29. The molecule has 1 fully saturated rings. The monoisotopic (exact) mass is 358 g/mol. The summed E-state index contributed by atoms with van der Waals surface area (Å²) in [5.41, 5.74) is 8.01. The van der Waals surface area contributed by atoms with Crippen molar-refractivity contribution in [2.24, 2.45) is 0 Å². The molecule has 0 bridgehead atoms. The number of fused-ring (bicyclic) bond motifs is 2. The van der Waals surface area contributed by atoms with Crippen LogP contribution in [0.25, 0.3) is 5.57 Å².